The Balaban J connectivity index is 2.10. The van der Waals surface area contributed by atoms with Gasteiger partial charge in [-0.25, -0.2) is 4.79 Å². The molecule has 0 amide bonds. The van der Waals surface area contributed by atoms with Gasteiger partial charge in [0.25, 0.3) is 5.56 Å². The summed E-state index contributed by atoms with van der Waals surface area (Å²) in [6.07, 6.45) is 1.86. The molecule has 1 aromatic carbocycles. The largest absolute Gasteiger partial charge is 0.478 e. The van der Waals surface area contributed by atoms with Gasteiger partial charge in [-0.1, -0.05) is 18.2 Å². The minimum absolute atomic E-state index is 0.0684. The first-order valence-corrected chi connectivity index (χ1v) is 7.10. The fourth-order valence-corrected chi connectivity index (χ4v) is 2.89. The fourth-order valence-electron chi connectivity index (χ4n) is 2.89. The molecule has 5 heteroatoms. The molecule has 110 valence electrons. The Morgan fingerprint density at radius 3 is 2.71 bits per heavy atom. The Bertz CT molecular complexity index is 729. The first kappa shape index (κ1) is 13.8. The van der Waals surface area contributed by atoms with Crippen LogP contribution in [0.3, 0.4) is 0 Å². The number of hydrogen-bond acceptors (Lipinski definition) is 3. The van der Waals surface area contributed by atoms with Crippen molar-refractivity contribution in [2.75, 3.05) is 13.2 Å². The highest BCUT2D eigenvalue weighted by atomic mass is 16.5. The molecule has 0 radical (unpaired) electrons. The van der Waals surface area contributed by atoms with Gasteiger partial charge in [0.1, 0.15) is 0 Å². The van der Waals surface area contributed by atoms with Gasteiger partial charge in [-0.15, -0.1) is 0 Å². The number of ether oxygens (including phenoxy) is 1. The summed E-state index contributed by atoms with van der Waals surface area (Å²) in [5.74, 6) is -0.669. The van der Waals surface area contributed by atoms with Crippen molar-refractivity contribution in [3.05, 3.63) is 46.2 Å². The standard InChI is InChI=1S/C16H17NO4/c18-15-9-13(16(19)20)12-3-1-2-4-14(12)17(15)10-11-5-7-21-8-6-11/h1-4,9,11H,5-8,10H2,(H,19,20). The van der Waals surface area contributed by atoms with Crippen molar-refractivity contribution in [1.29, 1.82) is 0 Å². The van der Waals surface area contributed by atoms with E-state index in [-0.39, 0.29) is 11.1 Å². The fraction of sp³-hybridized carbons (Fsp3) is 0.375. The number of para-hydroxylation sites is 1. The summed E-state index contributed by atoms with van der Waals surface area (Å²) in [4.78, 5) is 23.6. The molecule has 0 saturated carbocycles. The third-order valence-electron chi connectivity index (χ3n) is 4.03. The summed E-state index contributed by atoms with van der Waals surface area (Å²) in [5, 5.41) is 9.86. The first-order valence-electron chi connectivity index (χ1n) is 7.10. The number of benzene rings is 1. The zero-order valence-corrected chi connectivity index (χ0v) is 11.6. The number of aromatic nitrogens is 1. The number of hydrogen-bond donors (Lipinski definition) is 1. The average molecular weight is 287 g/mol. The second kappa shape index (κ2) is 5.69. The number of aromatic carboxylic acids is 1. The lowest BCUT2D eigenvalue weighted by Gasteiger charge is -2.23. The maximum absolute atomic E-state index is 12.3. The van der Waals surface area contributed by atoms with Gasteiger partial charge in [-0.05, 0) is 24.8 Å². The molecule has 1 N–H and O–H groups in total. The van der Waals surface area contributed by atoms with E-state index in [0.29, 0.717) is 23.4 Å². The summed E-state index contributed by atoms with van der Waals surface area (Å²) in [6, 6.07) is 8.40. The number of carboxylic acids is 1. The van der Waals surface area contributed by atoms with E-state index in [0.717, 1.165) is 26.1 Å². The van der Waals surface area contributed by atoms with Crippen LogP contribution >= 0.6 is 0 Å². The van der Waals surface area contributed by atoms with Crippen molar-refractivity contribution in [1.82, 2.24) is 4.57 Å². The van der Waals surface area contributed by atoms with E-state index in [9.17, 15) is 14.7 Å². The molecule has 1 saturated heterocycles. The minimum atomic E-state index is -1.07. The van der Waals surface area contributed by atoms with Crippen LogP contribution in [-0.2, 0) is 11.3 Å². The molecule has 1 aliphatic rings. The maximum Gasteiger partial charge on any atom is 0.336 e. The van der Waals surface area contributed by atoms with Gasteiger partial charge < -0.3 is 14.4 Å². The maximum atomic E-state index is 12.3. The van der Waals surface area contributed by atoms with E-state index in [1.165, 1.54) is 6.07 Å². The molecule has 0 atom stereocenters. The predicted octanol–water partition coefficient (Wildman–Crippen LogP) is 2.13. The highest BCUT2D eigenvalue weighted by molar-refractivity contribution is 6.02. The van der Waals surface area contributed by atoms with Crippen LogP contribution in [-0.4, -0.2) is 28.9 Å². The molecule has 0 spiro atoms. The molecule has 21 heavy (non-hydrogen) atoms. The Morgan fingerprint density at radius 2 is 2.00 bits per heavy atom. The molecule has 3 rings (SSSR count). The second-order valence-corrected chi connectivity index (χ2v) is 5.38. The Labute approximate surface area is 121 Å². The summed E-state index contributed by atoms with van der Waals surface area (Å²) < 4.78 is 7.03. The predicted molar refractivity (Wildman–Crippen MR) is 78.7 cm³/mol. The van der Waals surface area contributed by atoms with E-state index in [1.54, 1.807) is 16.7 Å². The van der Waals surface area contributed by atoms with Crippen LogP contribution in [0.4, 0.5) is 0 Å². The molecular formula is C16H17NO4. The molecule has 1 fully saturated rings. The van der Waals surface area contributed by atoms with Crippen LogP contribution in [0.15, 0.2) is 35.1 Å². The van der Waals surface area contributed by atoms with Gasteiger partial charge in [-0.2, -0.15) is 0 Å². The first-order chi connectivity index (χ1) is 10.2. The smallest absolute Gasteiger partial charge is 0.336 e. The average Bonchev–Trinajstić information content (AvgIpc) is 2.50. The van der Waals surface area contributed by atoms with E-state index in [4.69, 9.17) is 4.74 Å². The van der Waals surface area contributed by atoms with E-state index in [2.05, 4.69) is 0 Å². The number of carbonyl (C=O) groups is 1. The van der Waals surface area contributed by atoms with Crippen molar-refractivity contribution in [3.8, 4) is 0 Å². The molecule has 5 nitrogen and oxygen atoms in total. The van der Waals surface area contributed by atoms with Crippen molar-refractivity contribution in [3.63, 3.8) is 0 Å². The van der Waals surface area contributed by atoms with Gasteiger partial charge in [0.05, 0.1) is 11.1 Å². The quantitative estimate of drug-likeness (QED) is 0.939. The van der Waals surface area contributed by atoms with E-state index in [1.807, 2.05) is 12.1 Å². The molecule has 1 aliphatic heterocycles. The van der Waals surface area contributed by atoms with Gasteiger partial charge in [-0.3, -0.25) is 4.79 Å². The van der Waals surface area contributed by atoms with Crippen LogP contribution in [0.2, 0.25) is 0 Å². The van der Waals surface area contributed by atoms with Crippen LogP contribution < -0.4 is 5.56 Å². The summed E-state index contributed by atoms with van der Waals surface area (Å²) >= 11 is 0. The van der Waals surface area contributed by atoms with Crippen LogP contribution in [0.5, 0.6) is 0 Å². The third kappa shape index (κ3) is 2.69. The van der Waals surface area contributed by atoms with Crippen molar-refractivity contribution in [2.45, 2.75) is 19.4 Å². The van der Waals surface area contributed by atoms with Gasteiger partial charge in [0.15, 0.2) is 0 Å². The van der Waals surface area contributed by atoms with Crippen molar-refractivity contribution < 1.29 is 14.6 Å². The number of pyridine rings is 1. The molecule has 1 aromatic heterocycles. The third-order valence-corrected chi connectivity index (χ3v) is 4.03. The number of fused-ring (bicyclic) bond motifs is 1. The van der Waals surface area contributed by atoms with Crippen molar-refractivity contribution >= 4 is 16.9 Å². The summed E-state index contributed by atoms with van der Waals surface area (Å²) in [6.45, 7) is 2.07. The summed E-state index contributed by atoms with van der Waals surface area (Å²) in [7, 11) is 0. The highest BCUT2D eigenvalue weighted by Crippen LogP contribution is 2.21. The second-order valence-electron chi connectivity index (χ2n) is 5.38. The SMILES string of the molecule is O=C(O)c1cc(=O)n(CC2CCOCC2)c2ccccc12. The Hall–Kier alpha value is -2.14. The van der Waals surface area contributed by atoms with Crippen molar-refractivity contribution in [2.24, 2.45) is 5.92 Å². The number of carboxylic acid groups (broad SMARTS) is 1. The highest BCUT2D eigenvalue weighted by Gasteiger charge is 2.18. The molecular weight excluding hydrogens is 270 g/mol. The molecule has 0 bridgehead atoms. The normalized spacial score (nSPS) is 16.2. The molecule has 2 aromatic rings. The molecule has 0 unspecified atom stereocenters. The topological polar surface area (TPSA) is 68.5 Å². The lowest BCUT2D eigenvalue weighted by Crippen LogP contribution is -2.28. The minimum Gasteiger partial charge on any atom is -0.478 e. The number of nitrogens with zero attached hydrogens (tertiary/aromatic N) is 1. The van der Waals surface area contributed by atoms with Gasteiger partial charge >= 0.3 is 5.97 Å². The van der Waals surface area contributed by atoms with Gasteiger partial charge in [0.2, 0.25) is 0 Å². The van der Waals surface area contributed by atoms with Crippen LogP contribution in [0, 0.1) is 5.92 Å². The Morgan fingerprint density at radius 1 is 1.29 bits per heavy atom. The lowest BCUT2D eigenvalue weighted by atomic mass is 9.99. The number of rotatable bonds is 3. The monoisotopic (exact) mass is 287 g/mol. The Kier molecular flexibility index (Phi) is 3.75. The van der Waals surface area contributed by atoms with E-state index < -0.39 is 5.97 Å². The van der Waals surface area contributed by atoms with E-state index >= 15 is 0 Å². The molecule has 2 heterocycles. The lowest BCUT2D eigenvalue weighted by molar-refractivity contribution is 0.0613. The zero-order chi connectivity index (χ0) is 14.8. The van der Waals surface area contributed by atoms with Crippen LogP contribution in [0.1, 0.15) is 23.2 Å². The van der Waals surface area contributed by atoms with Gasteiger partial charge in [0, 0.05) is 31.2 Å². The summed E-state index contributed by atoms with van der Waals surface area (Å²) in [5.41, 5.74) is 0.505. The zero-order valence-electron chi connectivity index (χ0n) is 11.6. The van der Waals surface area contributed by atoms with Crippen LogP contribution in [0.25, 0.3) is 10.9 Å². The molecule has 0 aliphatic carbocycles.